The number of benzene rings is 2. The van der Waals surface area contributed by atoms with Gasteiger partial charge in [-0.2, -0.15) is 0 Å². The van der Waals surface area contributed by atoms with E-state index in [1.54, 1.807) is 11.8 Å². The summed E-state index contributed by atoms with van der Waals surface area (Å²) >= 11 is 1.59. The lowest BCUT2D eigenvalue weighted by atomic mass is 10.0. The Bertz CT molecular complexity index is 606. The highest BCUT2D eigenvalue weighted by Gasteiger charge is 2.04. The maximum absolute atomic E-state index is 10.0. The average Bonchev–Trinajstić information content (AvgIpc) is 2.56. The minimum absolute atomic E-state index is 0.397. The fourth-order valence-corrected chi connectivity index (χ4v) is 3.61. The van der Waals surface area contributed by atoms with E-state index in [2.05, 4.69) is 31.2 Å². The molecule has 23 heavy (non-hydrogen) atoms. The largest absolute Gasteiger partial charge is 0.507 e. The van der Waals surface area contributed by atoms with Crippen molar-refractivity contribution in [2.45, 2.75) is 69.6 Å². The summed E-state index contributed by atoms with van der Waals surface area (Å²) in [6, 6.07) is 10.6. The van der Waals surface area contributed by atoms with Gasteiger partial charge in [0.25, 0.3) is 0 Å². The molecule has 0 atom stereocenters. The summed E-state index contributed by atoms with van der Waals surface area (Å²) < 4.78 is 0. The molecule has 0 radical (unpaired) electrons. The van der Waals surface area contributed by atoms with Crippen LogP contribution in [0.3, 0.4) is 0 Å². The first-order valence-corrected chi connectivity index (χ1v) is 10.3. The molecule has 0 unspecified atom stereocenters. The van der Waals surface area contributed by atoms with Gasteiger partial charge in [0.1, 0.15) is 5.75 Å². The van der Waals surface area contributed by atoms with E-state index in [-0.39, 0.29) is 0 Å². The van der Waals surface area contributed by atoms with E-state index in [1.165, 1.54) is 62.3 Å². The average molecular weight is 331 g/mol. The molecule has 126 valence electrons. The minimum atomic E-state index is 0.397. The van der Waals surface area contributed by atoms with Crippen LogP contribution in [-0.2, 0) is 6.42 Å². The summed E-state index contributed by atoms with van der Waals surface area (Å²) in [5, 5.41) is 12.4. The van der Waals surface area contributed by atoms with Crippen molar-refractivity contribution >= 4 is 22.5 Å². The lowest BCUT2D eigenvalue weighted by Gasteiger charge is -2.07. The molecule has 0 saturated carbocycles. The predicted octanol–water partition coefficient (Wildman–Crippen LogP) is 6.95. The molecular formula is C21H30OS. The summed E-state index contributed by atoms with van der Waals surface area (Å²) in [6.45, 7) is 2.27. The molecule has 0 saturated heterocycles. The highest BCUT2D eigenvalue weighted by atomic mass is 32.2. The summed E-state index contributed by atoms with van der Waals surface area (Å²) in [5.74, 6) is 0.397. The SMILES string of the molecule is CCCCCCCCCCc1ccc2cc(SC)c(O)cc2c1. The Balaban J connectivity index is 1.80. The van der Waals surface area contributed by atoms with Gasteiger partial charge in [-0.25, -0.2) is 0 Å². The number of hydrogen-bond acceptors (Lipinski definition) is 2. The maximum Gasteiger partial charge on any atom is 0.129 e. The lowest BCUT2D eigenvalue weighted by Crippen LogP contribution is -1.87. The number of phenolic OH excluding ortho intramolecular Hbond substituents is 1. The third-order valence-corrected chi connectivity index (χ3v) is 5.29. The number of unbranched alkanes of at least 4 members (excludes halogenated alkanes) is 7. The molecule has 0 aromatic heterocycles. The highest BCUT2D eigenvalue weighted by molar-refractivity contribution is 7.98. The van der Waals surface area contributed by atoms with E-state index < -0.39 is 0 Å². The molecular weight excluding hydrogens is 300 g/mol. The van der Waals surface area contributed by atoms with Crippen molar-refractivity contribution in [2.75, 3.05) is 6.26 Å². The van der Waals surface area contributed by atoms with E-state index in [9.17, 15) is 5.11 Å². The van der Waals surface area contributed by atoms with Gasteiger partial charge in [-0.15, -0.1) is 11.8 Å². The number of aromatic hydroxyl groups is 1. The molecule has 0 aliphatic rings. The van der Waals surface area contributed by atoms with Gasteiger partial charge in [-0.1, -0.05) is 70.1 Å². The van der Waals surface area contributed by atoms with Crippen LogP contribution >= 0.6 is 11.8 Å². The first-order chi connectivity index (χ1) is 11.2. The first kappa shape index (κ1) is 18.2. The van der Waals surface area contributed by atoms with Crippen molar-refractivity contribution in [3.63, 3.8) is 0 Å². The Morgan fingerprint density at radius 2 is 1.52 bits per heavy atom. The van der Waals surface area contributed by atoms with Gasteiger partial charge in [-0.3, -0.25) is 0 Å². The van der Waals surface area contributed by atoms with Gasteiger partial charge in [0, 0.05) is 4.90 Å². The molecule has 1 N–H and O–H groups in total. The number of aryl methyl sites for hydroxylation is 1. The molecule has 0 fully saturated rings. The Morgan fingerprint density at radius 1 is 0.826 bits per heavy atom. The Hall–Kier alpha value is -1.15. The topological polar surface area (TPSA) is 20.2 Å². The van der Waals surface area contributed by atoms with Gasteiger partial charge in [0.2, 0.25) is 0 Å². The molecule has 2 rings (SSSR count). The van der Waals surface area contributed by atoms with Crippen molar-refractivity contribution < 1.29 is 5.11 Å². The summed E-state index contributed by atoms with van der Waals surface area (Å²) in [4.78, 5) is 0.952. The molecule has 0 amide bonds. The number of phenols is 1. The van der Waals surface area contributed by atoms with Gasteiger partial charge in [0.15, 0.2) is 0 Å². The summed E-state index contributed by atoms with van der Waals surface area (Å²) in [6.07, 6.45) is 14.0. The predicted molar refractivity (Wildman–Crippen MR) is 104 cm³/mol. The Morgan fingerprint density at radius 3 is 2.22 bits per heavy atom. The van der Waals surface area contributed by atoms with Crippen LogP contribution in [-0.4, -0.2) is 11.4 Å². The second-order valence-electron chi connectivity index (χ2n) is 6.43. The molecule has 1 nitrogen and oxygen atoms in total. The van der Waals surface area contributed by atoms with Crippen LogP contribution in [0.25, 0.3) is 10.8 Å². The van der Waals surface area contributed by atoms with Gasteiger partial charge in [0.05, 0.1) is 0 Å². The van der Waals surface area contributed by atoms with E-state index in [4.69, 9.17) is 0 Å². The molecule has 0 aliphatic carbocycles. The zero-order valence-corrected chi connectivity index (χ0v) is 15.4. The van der Waals surface area contributed by atoms with Crippen molar-refractivity contribution in [3.05, 3.63) is 35.9 Å². The fourth-order valence-electron chi connectivity index (χ4n) is 3.10. The Kier molecular flexibility index (Phi) is 7.81. The van der Waals surface area contributed by atoms with Crippen LogP contribution in [0, 0.1) is 0 Å². The van der Waals surface area contributed by atoms with E-state index in [0.717, 1.165) is 16.7 Å². The van der Waals surface area contributed by atoms with Crippen molar-refractivity contribution in [1.82, 2.24) is 0 Å². The second kappa shape index (κ2) is 9.87. The maximum atomic E-state index is 10.0. The van der Waals surface area contributed by atoms with Crippen LogP contribution in [0.5, 0.6) is 5.75 Å². The van der Waals surface area contributed by atoms with Crippen LogP contribution in [0.1, 0.15) is 63.9 Å². The van der Waals surface area contributed by atoms with Crippen LogP contribution in [0.2, 0.25) is 0 Å². The third kappa shape index (κ3) is 5.76. The zero-order valence-electron chi connectivity index (χ0n) is 14.6. The lowest BCUT2D eigenvalue weighted by molar-refractivity contribution is 0.463. The molecule has 2 aromatic carbocycles. The fraction of sp³-hybridized carbons (Fsp3) is 0.524. The van der Waals surface area contributed by atoms with Crippen molar-refractivity contribution in [3.8, 4) is 5.75 Å². The van der Waals surface area contributed by atoms with Crippen LogP contribution in [0.4, 0.5) is 0 Å². The van der Waals surface area contributed by atoms with E-state index in [0.29, 0.717) is 5.75 Å². The molecule has 0 aliphatic heterocycles. The first-order valence-electron chi connectivity index (χ1n) is 9.04. The molecule has 0 spiro atoms. The standard InChI is InChI=1S/C21H30OS/c1-3-4-5-6-7-8-9-10-11-17-12-13-18-16-21(23-2)20(22)15-19(18)14-17/h12-16,22H,3-11H2,1-2H3. The van der Waals surface area contributed by atoms with Gasteiger partial charge >= 0.3 is 0 Å². The minimum Gasteiger partial charge on any atom is -0.507 e. The number of rotatable bonds is 10. The highest BCUT2D eigenvalue weighted by Crippen LogP contribution is 2.32. The van der Waals surface area contributed by atoms with Crippen molar-refractivity contribution in [2.24, 2.45) is 0 Å². The molecule has 0 bridgehead atoms. The second-order valence-corrected chi connectivity index (χ2v) is 7.28. The number of thioether (sulfide) groups is 1. The van der Waals surface area contributed by atoms with Gasteiger partial charge < -0.3 is 5.11 Å². The van der Waals surface area contributed by atoms with E-state index >= 15 is 0 Å². The van der Waals surface area contributed by atoms with Crippen LogP contribution < -0.4 is 0 Å². The van der Waals surface area contributed by atoms with Gasteiger partial charge in [-0.05, 0) is 47.6 Å². The monoisotopic (exact) mass is 330 g/mol. The zero-order chi connectivity index (χ0) is 16.5. The van der Waals surface area contributed by atoms with E-state index in [1.807, 2.05) is 12.3 Å². The quantitative estimate of drug-likeness (QED) is 0.375. The molecule has 2 aromatic rings. The Labute approximate surface area is 145 Å². The third-order valence-electron chi connectivity index (χ3n) is 4.52. The molecule has 2 heteroatoms. The van der Waals surface area contributed by atoms with Crippen LogP contribution in [0.15, 0.2) is 35.2 Å². The summed E-state index contributed by atoms with van der Waals surface area (Å²) in [5.41, 5.74) is 1.39. The summed E-state index contributed by atoms with van der Waals surface area (Å²) in [7, 11) is 0. The van der Waals surface area contributed by atoms with Crippen molar-refractivity contribution in [1.29, 1.82) is 0 Å². The number of fused-ring (bicyclic) bond motifs is 1. The molecule has 0 heterocycles. The number of hydrogen-bond donors (Lipinski definition) is 1. The normalized spacial score (nSPS) is 11.2. The smallest absolute Gasteiger partial charge is 0.129 e.